The van der Waals surface area contributed by atoms with E-state index in [2.05, 4.69) is 25.6 Å². The molecule has 2 aliphatic rings. The number of aliphatic hydroxyl groups is 2. The molecule has 0 spiro atoms. The van der Waals surface area contributed by atoms with Crippen LogP contribution in [0.1, 0.15) is 83.1 Å². The van der Waals surface area contributed by atoms with Crippen molar-refractivity contribution in [2.75, 3.05) is 46.0 Å². The third-order valence-electron chi connectivity index (χ3n) is 9.68. The molecule has 1 saturated carbocycles. The van der Waals surface area contributed by atoms with Crippen LogP contribution >= 0.6 is 0 Å². The van der Waals surface area contributed by atoms with Crippen LogP contribution in [0.25, 0.3) is 0 Å². The van der Waals surface area contributed by atoms with Gasteiger partial charge < -0.3 is 36.0 Å². The lowest BCUT2D eigenvalue weighted by molar-refractivity contribution is -0.124. The lowest BCUT2D eigenvalue weighted by atomic mass is 9.83. The summed E-state index contributed by atoms with van der Waals surface area (Å²) in [5.41, 5.74) is 0.895. The number of sulfonamides is 1. The summed E-state index contributed by atoms with van der Waals surface area (Å²) in [5.74, 6) is -0.468. The summed E-state index contributed by atoms with van der Waals surface area (Å²) >= 11 is 0. The SMILES string of the molecule is CCCS(=O)(=O)NC[C@@H](O)C[C@H](O)[C@H](CC1CCCCC1)NC(=O)CCNC(=O)[C@H](Cc1ccccc1)NC(=O)N1CCC(N(C)C)CC1. The third kappa shape index (κ3) is 14.9. The van der Waals surface area contributed by atoms with E-state index in [4.69, 9.17) is 0 Å². The zero-order valence-corrected chi connectivity index (χ0v) is 30.4. The number of nitrogens with one attached hydrogen (secondary N) is 4. The summed E-state index contributed by atoms with van der Waals surface area (Å²) in [6, 6.07) is 8.11. The quantitative estimate of drug-likeness (QED) is 0.126. The second kappa shape index (κ2) is 20.8. The fourth-order valence-corrected chi connectivity index (χ4v) is 7.90. The van der Waals surface area contributed by atoms with Gasteiger partial charge in [0.15, 0.2) is 0 Å². The van der Waals surface area contributed by atoms with Crippen molar-refractivity contribution in [1.29, 1.82) is 0 Å². The number of hydrogen-bond acceptors (Lipinski definition) is 8. The van der Waals surface area contributed by atoms with Crippen molar-refractivity contribution in [2.45, 2.75) is 114 Å². The van der Waals surface area contributed by atoms with E-state index in [1.807, 2.05) is 44.4 Å². The molecule has 1 heterocycles. The molecule has 0 radical (unpaired) electrons. The number of likely N-dealkylation sites (tertiary alicyclic amines) is 1. The lowest BCUT2D eigenvalue weighted by Gasteiger charge is -2.35. The Morgan fingerprint density at radius 3 is 2.29 bits per heavy atom. The Morgan fingerprint density at radius 2 is 1.65 bits per heavy atom. The van der Waals surface area contributed by atoms with Gasteiger partial charge in [0.05, 0.1) is 24.0 Å². The highest BCUT2D eigenvalue weighted by Gasteiger charge is 2.30. The molecule has 4 amide bonds. The predicted octanol–water partition coefficient (Wildman–Crippen LogP) is 1.74. The van der Waals surface area contributed by atoms with Crippen molar-refractivity contribution in [3.05, 3.63) is 35.9 Å². The summed E-state index contributed by atoms with van der Waals surface area (Å²) in [7, 11) is 0.566. The first-order valence-corrected chi connectivity index (χ1v) is 19.7. The van der Waals surface area contributed by atoms with E-state index in [0.29, 0.717) is 44.3 Å². The first-order chi connectivity index (χ1) is 23.4. The highest BCUT2D eigenvalue weighted by atomic mass is 32.2. The predicted molar refractivity (Wildman–Crippen MR) is 190 cm³/mol. The van der Waals surface area contributed by atoms with Gasteiger partial charge in [-0.2, -0.15) is 0 Å². The van der Waals surface area contributed by atoms with Crippen LogP contribution in [0, 0.1) is 5.92 Å². The smallest absolute Gasteiger partial charge is 0.318 e. The highest BCUT2D eigenvalue weighted by molar-refractivity contribution is 7.89. The molecule has 3 rings (SSSR count). The van der Waals surface area contributed by atoms with E-state index in [-0.39, 0.29) is 49.5 Å². The van der Waals surface area contributed by atoms with Crippen LogP contribution in [-0.2, 0) is 26.0 Å². The van der Waals surface area contributed by atoms with Crippen molar-refractivity contribution < 1.29 is 33.0 Å². The summed E-state index contributed by atoms with van der Waals surface area (Å²) in [5, 5.41) is 30.2. The molecular weight excluding hydrogens is 648 g/mol. The Kier molecular flexibility index (Phi) is 17.2. The van der Waals surface area contributed by atoms with E-state index in [0.717, 1.165) is 50.5 Å². The van der Waals surface area contributed by atoms with Crippen LogP contribution in [0.3, 0.4) is 0 Å². The zero-order chi connectivity index (χ0) is 35.8. The molecule has 0 unspecified atom stereocenters. The van der Waals surface area contributed by atoms with Gasteiger partial charge in [0.25, 0.3) is 0 Å². The second-order valence-corrected chi connectivity index (χ2v) is 15.9. The standard InChI is InChI=1S/C35H60N6O7S/c1-4-21-49(47,48)37-25-29(42)24-32(43)30(22-26-11-7-5-8-12-26)38-33(44)15-18-36-34(45)31(23-27-13-9-6-10-14-27)39-35(46)41-19-16-28(17-20-41)40(2)3/h6,9-10,13-14,26,28-32,37,42-43H,4-5,7-8,11-12,15-25H2,1-3H3,(H,36,45)(H,38,44)(H,39,46)/t29-,30-,31-,32-/m0/s1. The number of rotatable bonds is 19. The number of piperidine rings is 1. The van der Waals surface area contributed by atoms with Gasteiger partial charge in [-0.05, 0) is 51.3 Å². The molecule has 1 saturated heterocycles. The van der Waals surface area contributed by atoms with E-state index in [1.54, 1.807) is 11.8 Å². The molecule has 1 aliphatic carbocycles. The number of aliphatic hydroxyl groups excluding tert-OH is 2. The monoisotopic (exact) mass is 708 g/mol. The van der Waals surface area contributed by atoms with Gasteiger partial charge in [-0.1, -0.05) is 69.4 Å². The molecular formula is C35H60N6O7S. The Bertz CT molecular complexity index is 1250. The molecule has 49 heavy (non-hydrogen) atoms. The van der Waals surface area contributed by atoms with Crippen molar-refractivity contribution in [2.24, 2.45) is 5.92 Å². The average Bonchev–Trinajstić information content (AvgIpc) is 3.07. The largest absolute Gasteiger partial charge is 0.392 e. The molecule has 278 valence electrons. The molecule has 1 aromatic carbocycles. The minimum Gasteiger partial charge on any atom is -0.392 e. The first-order valence-electron chi connectivity index (χ1n) is 18.0. The van der Waals surface area contributed by atoms with Crippen molar-refractivity contribution >= 4 is 27.9 Å². The number of carbonyl (C=O) groups excluding carboxylic acids is 3. The van der Waals surface area contributed by atoms with Crippen LogP contribution in [0.15, 0.2) is 30.3 Å². The number of carbonyl (C=O) groups is 3. The maximum atomic E-state index is 13.4. The minimum atomic E-state index is -3.51. The maximum Gasteiger partial charge on any atom is 0.318 e. The van der Waals surface area contributed by atoms with Crippen molar-refractivity contribution in [3.8, 4) is 0 Å². The third-order valence-corrected chi connectivity index (χ3v) is 11.2. The van der Waals surface area contributed by atoms with Gasteiger partial charge in [0.2, 0.25) is 21.8 Å². The lowest BCUT2D eigenvalue weighted by Crippen LogP contribution is -2.54. The Morgan fingerprint density at radius 1 is 0.980 bits per heavy atom. The van der Waals surface area contributed by atoms with Gasteiger partial charge in [-0.15, -0.1) is 0 Å². The molecule has 0 bridgehead atoms. The molecule has 14 heteroatoms. The van der Waals surface area contributed by atoms with Gasteiger partial charge in [0.1, 0.15) is 6.04 Å². The van der Waals surface area contributed by atoms with Crippen molar-refractivity contribution in [1.82, 2.24) is 30.5 Å². The molecule has 13 nitrogen and oxygen atoms in total. The average molecular weight is 709 g/mol. The molecule has 0 aromatic heterocycles. The minimum absolute atomic E-state index is 0.0358. The molecule has 1 aliphatic heterocycles. The summed E-state index contributed by atoms with van der Waals surface area (Å²) < 4.78 is 26.4. The van der Waals surface area contributed by atoms with Crippen molar-refractivity contribution in [3.63, 3.8) is 0 Å². The Balaban J connectivity index is 1.56. The van der Waals surface area contributed by atoms with Gasteiger partial charge in [-0.25, -0.2) is 17.9 Å². The summed E-state index contributed by atoms with van der Waals surface area (Å²) in [4.78, 5) is 43.6. The van der Waals surface area contributed by atoms with E-state index < -0.39 is 34.3 Å². The van der Waals surface area contributed by atoms with Crippen LogP contribution in [0.4, 0.5) is 4.79 Å². The van der Waals surface area contributed by atoms with Crippen LogP contribution in [0.5, 0.6) is 0 Å². The summed E-state index contributed by atoms with van der Waals surface area (Å²) in [6.07, 6.45) is 5.99. The Hall–Kier alpha value is -2.78. The topological polar surface area (TPSA) is 180 Å². The van der Waals surface area contributed by atoms with Gasteiger partial charge in [0, 0.05) is 51.5 Å². The number of benzene rings is 1. The van der Waals surface area contributed by atoms with E-state index >= 15 is 0 Å². The van der Waals surface area contributed by atoms with Crippen LogP contribution < -0.4 is 20.7 Å². The number of amides is 4. The molecule has 1 aromatic rings. The number of nitrogens with zero attached hydrogens (tertiary/aromatic N) is 2. The Labute approximate surface area is 293 Å². The second-order valence-electron chi connectivity index (χ2n) is 14.0. The molecule has 6 N–H and O–H groups in total. The van der Waals surface area contributed by atoms with Gasteiger partial charge >= 0.3 is 6.03 Å². The van der Waals surface area contributed by atoms with E-state index in [9.17, 15) is 33.0 Å². The van der Waals surface area contributed by atoms with Crippen LogP contribution in [0.2, 0.25) is 0 Å². The fourth-order valence-electron chi connectivity index (χ4n) is 6.77. The number of hydrogen-bond donors (Lipinski definition) is 6. The van der Waals surface area contributed by atoms with Gasteiger partial charge in [-0.3, -0.25) is 9.59 Å². The normalized spacial score (nSPS) is 18.8. The number of urea groups is 1. The van der Waals surface area contributed by atoms with Crippen LogP contribution in [-0.4, -0.2) is 123 Å². The van der Waals surface area contributed by atoms with E-state index in [1.165, 1.54) is 0 Å². The highest BCUT2D eigenvalue weighted by Crippen LogP contribution is 2.28. The molecule has 4 atom stereocenters. The first kappa shape index (κ1) is 40.6. The molecule has 2 fully saturated rings. The maximum absolute atomic E-state index is 13.4. The summed E-state index contributed by atoms with van der Waals surface area (Å²) in [6.45, 7) is 2.78. The zero-order valence-electron chi connectivity index (χ0n) is 29.6. The fraction of sp³-hybridized carbons (Fsp3) is 0.743.